The van der Waals surface area contributed by atoms with Crippen molar-refractivity contribution in [1.29, 1.82) is 0 Å². The molecule has 3 rings (SSSR count). The van der Waals surface area contributed by atoms with E-state index in [2.05, 4.69) is 15.9 Å². The van der Waals surface area contributed by atoms with E-state index in [1.165, 1.54) is 15.8 Å². The molecular weight excluding hydrogens is 440 g/mol. The molecule has 0 aromatic heterocycles. The molecule has 1 heterocycles. The number of benzene rings is 2. The highest BCUT2D eigenvalue weighted by Gasteiger charge is 2.26. The van der Waals surface area contributed by atoms with Crippen molar-refractivity contribution in [2.24, 2.45) is 0 Å². The van der Waals surface area contributed by atoms with Crippen LogP contribution in [0.15, 0.2) is 70.6 Å². The summed E-state index contributed by atoms with van der Waals surface area (Å²) in [6.45, 7) is 1.33. The zero-order valence-electron chi connectivity index (χ0n) is 15.2. The number of amides is 1. The number of piperazine rings is 1. The summed E-state index contributed by atoms with van der Waals surface area (Å²) in [7, 11) is -3.50. The molecule has 1 fully saturated rings. The Hall–Kier alpha value is -2.22. The maximum absolute atomic E-state index is 12.5. The lowest BCUT2D eigenvalue weighted by Crippen LogP contribution is -2.49. The number of carbonyl (C=O) groups excluding carboxylic acids is 1. The maximum Gasteiger partial charge on any atom is 0.246 e. The standard InChI is InChI=1S/C21H21BrN2O3S/c22-20-8-4-7-19(17-20)9-10-21(25)23-12-14-24(15-13-23)28(26,27)16-11-18-5-2-1-3-6-18/h1-11,16-17H,12-15H2. The molecule has 0 radical (unpaired) electrons. The van der Waals surface area contributed by atoms with Crippen LogP contribution in [0.1, 0.15) is 11.1 Å². The van der Waals surface area contributed by atoms with Gasteiger partial charge in [-0.2, -0.15) is 4.31 Å². The van der Waals surface area contributed by atoms with E-state index in [-0.39, 0.29) is 19.0 Å². The molecule has 2 aromatic carbocycles. The molecule has 0 spiro atoms. The summed E-state index contributed by atoms with van der Waals surface area (Å²) < 4.78 is 27.4. The molecule has 0 unspecified atom stereocenters. The molecule has 7 heteroatoms. The summed E-state index contributed by atoms with van der Waals surface area (Å²) in [6, 6.07) is 17.0. The van der Waals surface area contributed by atoms with E-state index >= 15 is 0 Å². The summed E-state index contributed by atoms with van der Waals surface area (Å²) in [5, 5.41) is 1.23. The van der Waals surface area contributed by atoms with Crippen LogP contribution in [0, 0.1) is 0 Å². The summed E-state index contributed by atoms with van der Waals surface area (Å²) in [4.78, 5) is 14.0. The molecule has 5 nitrogen and oxygen atoms in total. The lowest BCUT2D eigenvalue weighted by atomic mass is 10.2. The van der Waals surface area contributed by atoms with E-state index in [1.807, 2.05) is 54.6 Å². The largest absolute Gasteiger partial charge is 0.337 e. The van der Waals surface area contributed by atoms with Crippen LogP contribution in [0.25, 0.3) is 12.2 Å². The maximum atomic E-state index is 12.5. The van der Waals surface area contributed by atoms with Gasteiger partial charge in [0.1, 0.15) is 0 Å². The molecule has 1 aliphatic rings. The molecule has 0 saturated carbocycles. The Morgan fingerprint density at radius 1 is 0.893 bits per heavy atom. The van der Waals surface area contributed by atoms with Crippen LogP contribution in [0.2, 0.25) is 0 Å². The normalized spacial score (nSPS) is 16.1. The molecular formula is C21H21BrN2O3S. The number of carbonyl (C=O) groups is 1. The Balaban J connectivity index is 1.56. The van der Waals surface area contributed by atoms with E-state index in [0.29, 0.717) is 13.1 Å². The van der Waals surface area contributed by atoms with Gasteiger partial charge in [0.15, 0.2) is 0 Å². The van der Waals surface area contributed by atoms with Gasteiger partial charge in [0, 0.05) is 42.1 Å². The zero-order valence-corrected chi connectivity index (χ0v) is 17.6. The first-order chi connectivity index (χ1) is 13.4. The average molecular weight is 461 g/mol. The van der Waals surface area contributed by atoms with Gasteiger partial charge in [-0.25, -0.2) is 8.42 Å². The number of hydrogen-bond acceptors (Lipinski definition) is 3. The van der Waals surface area contributed by atoms with E-state index in [9.17, 15) is 13.2 Å². The topological polar surface area (TPSA) is 57.7 Å². The van der Waals surface area contributed by atoms with Crippen LogP contribution in [-0.2, 0) is 14.8 Å². The van der Waals surface area contributed by atoms with Gasteiger partial charge in [-0.05, 0) is 35.4 Å². The zero-order chi connectivity index (χ0) is 20.0. The molecule has 146 valence electrons. The monoisotopic (exact) mass is 460 g/mol. The summed E-state index contributed by atoms with van der Waals surface area (Å²) >= 11 is 3.40. The van der Waals surface area contributed by atoms with E-state index in [1.54, 1.807) is 17.1 Å². The van der Waals surface area contributed by atoms with Crippen molar-refractivity contribution < 1.29 is 13.2 Å². The second-order valence-electron chi connectivity index (χ2n) is 6.37. The van der Waals surface area contributed by atoms with Gasteiger partial charge in [0.25, 0.3) is 0 Å². The van der Waals surface area contributed by atoms with Crippen LogP contribution in [0.5, 0.6) is 0 Å². The number of sulfonamides is 1. The number of hydrogen-bond donors (Lipinski definition) is 0. The first kappa shape index (κ1) is 20.5. The summed E-state index contributed by atoms with van der Waals surface area (Å²) in [6.07, 6.45) is 4.88. The van der Waals surface area contributed by atoms with Crippen molar-refractivity contribution in [2.45, 2.75) is 0 Å². The smallest absolute Gasteiger partial charge is 0.246 e. The molecule has 0 N–H and O–H groups in total. The van der Waals surface area contributed by atoms with Crippen molar-refractivity contribution >= 4 is 44.0 Å². The van der Waals surface area contributed by atoms with Crippen molar-refractivity contribution in [3.63, 3.8) is 0 Å². The predicted octanol–water partition coefficient (Wildman–Crippen LogP) is 3.61. The fourth-order valence-corrected chi connectivity index (χ4v) is 4.45. The molecule has 1 saturated heterocycles. The molecule has 1 aliphatic heterocycles. The van der Waals surface area contributed by atoms with Crippen molar-refractivity contribution in [1.82, 2.24) is 9.21 Å². The highest BCUT2D eigenvalue weighted by Crippen LogP contribution is 2.14. The Morgan fingerprint density at radius 2 is 1.57 bits per heavy atom. The Kier molecular flexibility index (Phi) is 6.83. The number of rotatable bonds is 5. The quantitative estimate of drug-likeness (QED) is 0.640. The fourth-order valence-electron chi connectivity index (χ4n) is 2.86. The minimum absolute atomic E-state index is 0.114. The molecule has 1 amide bonds. The second-order valence-corrected chi connectivity index (χ2v) is 9.11. The third kappa shape index (κ3) is 5.64. The molecule has 0 aliphatic carbocycles. The molecule has 0 bridgehead atoms. The van der Waals surface area contributed by atoms with Crippen LogP contribution in [0.4, 0.5) is 0 Å². The Labute approximate surface area is 174 Å². The molecule has 0 atom stereocenters. The van der Waals surface area contributed by atoms with Crippen molar-refractivity contribution in [3.8, 4) is 0 Å². The Morgan fingerprint density at radius 3 is 2.25 bits per heavy atom. The molecule has 2 aromatic rings. The van der Waals surface area contributed by atoms with Gasteiger partial charge in [-0.1, -0.05) is 58.4 Å². The minimum atomic E-state index is -3.50. The van der Waals surface area contributed by atoms with Crippen LogP contribution in [-0.4, -0.2) is 49.7 Å². The lowest BCUT2D eigenvalue weighted by molar-refractivity contribution is -0.127. The predicted molar refractivity (Wildman–Crippen MR) is 116 cm³/mol. The van der Waals surface area contributed by atoms with Gasteiger partial charge in [0.2, 0.25) is 15.9 Å². The highest BCUT2D eigenvalue weighted by molar-refractivity contribution is 9.10. The van der Waals surface area contributed by atoms with E-state index in [0.717, 1.165) is 15.6 Å². The first-order valence-electron chi connectivity index (χ1n) is 8.90. The summed E-state index contributed by atoms with van der Waals surface area (Å²) in [5.74, 6) is -0.114. The minimum Gasteiger partial charge on any atom is -0.337 e. The lowest BCUT2D eigenvalue weighted by Gasteiger charge is -2.32. The van der Waals surface area contributed by atoms with Crippen molar-refractivity contribution in [3.05, 3.63) is 81.7 Å². The molecule has 28 heavy (non-hydrogen) atoms. The number of nitrogens with zero attached hydrogens (tertiary/aromatic N) is 2. The van der Waals surface area contributed by atoms with Crippen LogP contribution in [0.3, 0.4) is 0 Å². The summed E-state index contributed by atoms with van der Waals surface area (Å²) in [5.41, 5.74) is 1.76. The van der Waals surface area contributed by atoms with Gasteiger partial charge in [0.05, 0.1) is 0 Å². The van der Waals surface area contributed by atoms with E-state index in [4.69, 9.17) is 0 Å². The van der Waals surface area contributed by atoms with Crippen molar-refractivity contribution in [2.75, 3.05) is 26.2 Å². The Bertz CT molecular complexity index is 980. The average Bonchev–Trinajstić information content (AvgIpc) is 2.71. The first-order valence-corrected chi connectivity index (χ1v) is 11.2. The van der Waals surface area contributed by atoms with Gasteiger partial charge < -0.3 is 4.90 Å². The SMILES string of the molecule is O=C(C=Cc1cccc(Br)c1)N1CCN(S(=O)(=O)C=Cc2ccccc2)CC1. The third-order valence-electron chi connectivity index (χ3n) is 4.41. The van der Waals surface area contributed by atoms with E-state index < -0.39 is 10.0 Å². The van der Waals surface area contributed by atoms with Gasteiger partial charge >= 0.3 is 0 Å². The second kappa shape index (κ2) is 9.32. The van der Waals surface area contributed by atoms with Gasteiger partial charge in [-0.3, -0.25) is 4.79 Å². The van der Waals surface area contributed by atoms with Gasteiger partial charge in [-0.15, -0.1) is 0 Å². The van der Waals surface area contributed by atoms with Crippen LogP contribution >= 0.6 is 15.9 Å². The number of halogens is 1. The third-order valence-corrected chi connectivity index (χ3v) is 6.47. The highest BCUT2D eigenvalue weighted by atomic mass is 79.9. The fraction of sp³-hybridized carbons (Fsp3) is 0.190. The van der Waals surface area contributed by atoms with Crippen LogP contribution < -0.4 is 0 Å².